The van der Waals surface area contributed by atoms with E-state index in [4.69, 9.17) is 10.2 Å². The molecule has 18 heavy (non-hydrogen) atoms. The van der Waals surface area contributed by atoms with Crippen molar-refractivity contribution in [2.24, 2.45) is 0 Å². The molecule has 0 saturated carbocycles. The second-order valence-electron chi connectivity index (χ2n) is 4.72. The molecule has 0 fully saturated rings. The quantitative estimate of drug-likeness (QED) is 0.825. The lowest BCUT2D eigenvalue weighted by Gasteiger charge is -2.24. The molecule has 0 spiro atoms. The van der Waals surface area contributed by atoms with Gasteiger partial charge in [-0.25, -0.2) is 4.98 Å². The van der Waals surface area contributed by atoms with Gasteiger partial charge >= 0.3 is 0 Å². The van der Waals surface area contributed by atoms with Crippen LogP contribution in [0.3, 0.4) is 0 Å². The molecule has 98 valence electrons. The van der Waals surface area contributed by atoms with Crippen molar-refractivity contribution in [3.8, 4) is 0 Å². The van der Waals surface area contributed by atoms with Crippen molar-refractivity contribution in [2.75, 3.05) is 12.8 Å². The van der Waals surface area contributed by atoms with Crippen molar-refractivity contribution in [3.63, 3.8) is 0 Å². The van der Waals surface area contributed by atoms with Crippen molar-refractivity contribution in [3.05, 3.63) is 24.1 Å². The third-order valence-electron chi connectivity index (χ3n) is 3.41. The summed E-state index contributed by atoms with van der Waals surface area (Å²) >= 11 is 0. The summed E-state index contributed by atoms with van der Waals surface area (Å²) in [5.41, 5.74) is 8.07. The Morgan fingerprint density at radius 3 is 2.72 bits per heavy atom. The first-order valence-electron chi connectivity index (χ1n) is 6.49. The largest absolute Gasteiger partial charge is 0.439 e. The van der Waals surface area contributed by atoms with Crippen molar-refractivity contribution >= 4 is 16.8 Å². The molecule has 2 aromatic rings. The molecule has 2 rings (SSSR count). The molecule has 0 aliphatic heterocycles. The van der Waals surface area contributed by atoms with E-state index in [0.29, 0.717) is 11.7 Å². The monoisotopic (exact) mass is 247 g/mol. The van der Waals surface area contributed by atoms with Gasteiger partial charge in [0.05, 0.1) is 6.54 Å². The van der Waals surface area contributed by atoms with Gasteiger partial charge in [-0.3, -0.25) is 4.90 Å². The third-order valence-corrected chi connectivity index (χ3v) is 3.41. The zero-order chi connectivity index (χ0) is 13.1. The molecule has 2 N–H and O–H groups in total. The van der Waals surface area contributed by atoms with Crippen LogP contribution in [-0.2, 0) is 6.54 Å². The smallest absolute Gasteiger partial charge is 0.209 e. The molecular formula is C14H21N3O. The lowest BCUT2D eigenvalue weighted by atomic mass is 10.1. The van der Waals surface area contributed by atoms with Gasteiger partial charge in [0.2, 0.25) is 5.89 Å². The Hall–Kier alpha value is -1.55. The van der Waals surface area contributed by atoms with E-state index < -0.39 is 0 Å². The summed E-state index contributed by atoms with van der Waals surface area (Å²) < 4.78 is 5.73. The van der Waals surface area contributed by atoms with E-state index >= 15 is 0 Å². The van der Waals surface area contributed by atoms with Crippen molar-refractivity contribution in [1.82, 2.24) is 9.88 Å². The fourth-order valence-electron chi connectivity index (χ4n) is 2.31. The van der Waals surface area contributed by atoms with Crippen LogP contribution in [0.1, 0.15) is 32.6 Å². The molecule has 0 aliphatic rings. The van der Waals surface area contributed by atoms with E-state index in [1.54, 1.807) is 0 Å². The fraction of sp³-hybridized carbons (Fsp3) is 0.500. The van der Waals surface area contributed by atoms with E-state index in [0.717, 1.165) is 36.4 Å². The Kier molecular flexibility index (Phi) is 3.87. The van der Waals surface area contributed by atoms with Crippen LogP contribution in [0.4, 0.5) is 5.69 Å². The minimum Gasteiger partial charge on any atom is -0.439 e. The molecule has 0 aliphatic carbocycles. The highest BCUT2D eigenvalue weighted by Crippen LogP contribution is 2.20. The van der Waals surface area contributed by atoms with E-state index in [1.165, 1.54) is 0 Å². The van der Waals surface area contributed by atoms with E-state index in [-0.39, 0.29) is 0 Å². The Bertz CT molecular complexity index is 517. The van der Waals surface area contributed by atoms with Crippen molar-refractivity contribution in [2.45, 2.75) is 39.3 Å². The molecule has 0 unspecified atom stereocenters. The highest BCUT2D eigenvalue weighted by atomic mass is 16.3. The maximum Gasteiger partial charge on any atom is 0.209 e. The SMILES string of the molecule is CCC(CC)N(C)Cc1nc2ccc(N)cc2o1. The highest BCUT2D eigenvalue weighted by molar-refractivity contribution is 5.76. The number of anilines is 1. The Morgan fingerprint density at radius 1 is 1.33 bits per heavy atom. The fourth-order valence-corrected chi connectivity index (χ4v) is 2.31. The molecule has 0 radical (unpaired) electrons. The van der Waals surface area contributed by atoms with Gasteiger partial charge in [-0.2, -0.15) is 0 Å². The average Bonchev–Trinajstić information content (AvgIpc) is 2.71. The zero-order valence-corrected chi connectivity index (χ0v) is 11.3. The molecular weight excluding hydrogens is 226 g/mol. The Morgan fingerprint density at radius 2 is 2.06 bits per heavy atom. The number of oxazole rings is 1. The van der Waals surface area contributed by atoms with Crippen LogP contribution in [0.2, 0.25) is 0 Å². The maximum absolute atomic E-state index is 5.73. The number of nitrogens with zero attached hydrogens (tertiary/aromatic N) is 2. The molecule has 0 atom stereocenters. The van der Waals surface area contributed by atoms with Gasteiger partial charge in [0.1, 0.15) is 5.52 Å². The van der Waals surface area contributed by atoms with Crippen LogP contribution < -0.4 is 5.73 Å². The van der Waals surface area contributed by atoms with Gasteiger partial charge < -0.3 is 10.2 Å². The van der Waals surface area contributed by atoms with Gasteiger partial charge in [0, 0.05) is 17.8 Å². The number of rotatable bonds is 5. The summed E-state index contributed by atoms with van der Waals surface area (Å²) in [5.74, 6) is 0.755. The normalized spacial score (nSPS) is 11.8. The number of fused-ring (bicyclic) bond motifs is 1. The number of hydrogen-bond acceptors (Lipinski definition) is 4. The number of hydrogen-bond donors (Lipinski definition) is 1. The molecule has 1 heterocycles. The molecule has 1 aromatic carbocycles. The standard InChI is InChI=1S/C14H21N3O/c1-4-11(5-2)17(3)9-14-16-12-7-6-10(15)8-13(12)18-14/h6-8,11H,4-5,9,15H2,1-3H3. The second-order valence-corrected chi connectivity index (χ2v) is 4.72. The predicted molar refractivity (Wildman–Crippen MR) is 74.3 cm³/mol. The van der Waals surface area contributed by atoms with Gasteiger partial charge in [-0.1, -0.05) is 13.8 Å². The topological polar surface area (TPSA) is 55.3 Å². The summed E-state index contributed by atoms with van der Waals surface area (Å²) in [6.07, 6.45) is 2.28. The third kappa shape index (κ3) is 2.64. The van der Waals surface area contributed by atoms with Crippen LogP contribution in [-0.4, -0.2) is 23.0 Å². The van der Waals surface area contributed by atoms with Gasteiger partial charge in [0.15, 0.2) is 5.58 Å². The summed E-state index contributed by atoms with van der Waals surface area (Å²) in [6, 6.07) is 6.14. The lowest BCUT2D eigenvalue weighted by molar-refractivity contribution is 0.204. The number of nitrogen functional groups attached to an aromatic ring is 1. The molecule has 4 heteroatoms. The Labute approximate surface area is 108 Å². The first-order valence-corrected chi connectivity index (χ1v) is 6.49. The number of nitrogens with two attached hydrogens (primary N) is 1. The Balaban J connectivity index is 2.16. The molecule has 0 amide bonds. The zero-order valence-electron chi connectivity index (χ0n) is 11.3. The van der Waals surface area contributed by atoms with Crippen molar-refractivity contribution < 1.29 is 4.42 Å². The van der Waals surface area contributed by atoms with Crippen LogP contribution in [0.5, 0.6) is 0 Å². The van der Waals surface area contributed by atoms with E-state index in [9.17, 15) is 0 Å². The second kappa shape index (κ2) is 5.40. The summed E-state index contributed by atoms with van der Waals surface area (Å²) in [7, 11) is 2.11. The van der Waals surface area contributed by atoms with Gasteiger partial charge in [-0.15, -0.1) is 0 Å². The highest BCUT2D eigenvalue weighted by Gasteiger charge is 2.14. The van der Waals surface area contributed by atoms with Crippen LogP contribution in [0.25, 0.3) is 11.1 Å². The van der Waals surface area contributed by atoms with E-state index in [1.807, 2.05) is 18.2 Å². The van der Waals surface area contributed by atoms with Crippen molar-refractivity contribution in [1.29, 1.82) is 0 Å². The minimum absolute atomic E-state index is 0.574. The first kappa shape index (κ1) is 12.9. The average molecular weight is 247 g/mol. The maximum atomic E-state index is 5.73. The molecule has 4 nitrogen and oxygen atoms in total. The van der Waals surface area contributed by atoms with Crippen LogP contribution in [0.15, 0.2) is 22.6 Å². The number of aromatic nitrogens is 1. The summed E-state index contributed by atoms with van der Waals surface area (Å²) in [4.78, 5) is 6.77. The van der Waals surface area contributed by atoms with Crippen LogP contribution >= 0.6 is 0 Å². The predicted octanol–water partition coefficient (Wildman–Crippen LogP) is 3.03. The molecule has 1 aromatic heterocycles. The summed E-state index contributed by atoms with van der Waals surface area (Å²) in [6.45, 7) is 5.15. The van der Waals surface area contributed by atoms with Gasteiger partial charge in [-0.05, 0) is 32.0 Å². The van der Waals surface area contributed by atoms with Gasteiger partial charge in [0.25, 0.3) is 0 Å². The first-order chi connectivity index (χ1) is 8.63. The molecule has 0 saturated heterocycles. The number of benzene rings is 1. The van der Waals surface area contributed by atoms with Crippen LogP contribution in [0, 0.1) is 0 Å². The summed E-state index contributed by atoms with van der Waals surface area (Å²) in [5, 5.41) is 0. The lowest BCUT2D eigenvalue weighted by Crippen LogP contribution is -2.30. The minimum atomic E-state index is 0.574. The molecule has 0 bridgehead atoms. The van der Waals surface area contributed by atoms with E-state index in [2.05, 4.69) is 30.8 Å².